The first-order valence-electron chi connectivity index (χ1n) is 10.2. The third-order valence-corrected chi connectivity index (χ3v) is 4.74. The number of ketones is 1. The number of nitrogens with zero attached hydrogens (tertiary/aromatic N) is 1. The van der Waals surface area contributed by atoms with Crippen molar-refractivity contribution in [2.75, 3.05) is 13.7 Å². The molecule has 0 aliphatic heterocycles. The van der Waals surface area contributed by atoms with Crippen LogP contribution in [-0.4, -0.2) is 58.0 Å². The van der Waals surface area contributed by atoms with Gasteiger partial charge in [-0.3, -0.25) is 24.0 Å². The Labute approximate surface area is 185 Å². The normalized spacial score (nSPS) is 11.7. The van der Waals surface area contributed by atoms with Gasteiger partial charge in [0.2, 0.25) is 17.2 Å². The van der Waals surface area contributed by atoms with Crippen LogP contribution in [0, 0.1) is 12.8 Å². The monoisotopic (exact) mass is 453 g/mol. The van der Waals surface area contributed by atoms with E-state index in [1.807, 2.05) is 13.8 Å². The Bertz CT molecular complexity index is 907. The predicted octanol–water partition coefficient (Wildman–Crippen LogP) is -0.476. The third kappa shape index (κ3) is 8.14. The van der Waals surface area contributed by atoms with Crippen molar-refractivity contribution >= 4 is 23.6 Å². The number of aromatic hydroxyl groups is 1. The van der Waals surface area contributed by atoms with E-state index in [4.69, 9.17) is 0 Å². The van der Waals surface area contributed by atoms with Crippen molar-refractivity contribution in [3.63, 3.8) is 0 Å². The number of aromatic nitrogens is 1. The maximum absolute atomic E-state index is 12.6. The second-order valence-corrected chi connectivity index (χ2v) is 7.76. The summed E-state index contributed by atoms with van der Waals surface area (Å²) < 4.78 is 5.75. The zero-order valence-corrected chi connectivity index (χ0v) is 18.8. The van der Waals surface area contributed by atoms with Crippen LogP contribution in [0.2, 0.25) is 0 Å². The van der Waals surface area contributed by atoms with Crippen LogP contribution >= 0.6 is 0 Å². The summed E-state index contributed by atoms with van der Waals surface area (Å²) in [6.45, 7) is 4.01. The molecule has 0 aliphatic rings. The van der Waals surface area contributed by atoms with Crippen LogP contribution in [0.5, 0.6) is 5.75 Å². The Balaban J connectivity index is 2.83. The lowest BCUT2D eigenvalue weighted by molar-refractivity contribution is -0.141. The molecule has 1 atom stereocenters. The van der Waals surface area contributed by atoms with E-state index in [0.29, 0.717) is 6.42 Å². The predicted molar refractivity (Wildman–Crippen MR) is 114 cm³/mol. The van der Waals surface area contributed by atoms with Crippen molar-refractivity contribution in [3.05, 3.63) is 27.7 Å². The fourth-order valence-electron chi connectivity index (χ4n) is 3.00. The number of carbonyl (C=O) groups excluding carboxylic acids is 4. The molecule has 1 heterocycles. The average molecular weight is 453 g/mol. The molecule has 0 radical (unpaired) electrons. The Kier molecular flexibility index (Phi) is 10.6. The van der Waals surface area contributed by atoms with Gasteiger partial charge in [-0.2, -0.15) is 0 Å². The number of methoxy groups -OCH3 is 1. The zero-order chi connectivity index (χ0) is 24.4. The summed E-state index contributed by atoms with van der Waals surface area (Å²) in [5.41, 5.74) is -0.420. The number of amides is 2. The Hall–Kier alpha value is -3.21. The molecule has 0 spiro atoms. The van der Waals surface area contributed by atoms with Crippen molar-refractivity contribution in [3.8, 4) is 5.75 Å². The summed E-state index contributed by atoms with van der Waals surface area (Å²) >= 11 is 0. The standard InChI is InChI=1S/C21H31N3O8/c1-12(2)7-16(21(31)22-9-15(26)5-6-19(29)32-4)23-18(28)10-24-13(3)20(30)17(27)8-14(24)11-25/h8,12,16,25,30H,5-7,9-11H2,1-4H3,(H,22,31)(H,23,28)/t16-/m0/s1. The largest absolute Gasteiger partial charge is 0.503 e. The quantitative estimate of drug-likeness (QED) is 0.308. The SMILES string of the molecule is COC(=O)CCC(=O)CNC(=O)[C@H](CC(C)C)NC(=O)Cn1c(CO)cc(=O)c(O)c1C. The number of esters is 1. The zero-order valence-electron chi connectivity index (χ0n) is 18.8. The number of hydrogen-bond acceptors (Lipinski definition) is 8. The van der Waals surface area contributed by atoms with Crippen LogP contribution in [0.3, 0.4) is 0 Å². The van der Waals surface area contributed by atoms with Gasteiger partial charge < -0.3 is 30.2 Å². The molecule has 4 N–H and O–H groups in total. The summed E-state index contributed by atoms with van der Waals surface area (Å²) in [6, 6.07) is 0.107. The van der Waals surface area contributed by atoms with E-state index in [0.717, 1.165) is 6.07 Å². The highest BCUT2D eigenvalue weighted by Crippen LogP contribution is 2.13. The second-order valence-electron chi connectivity index (χ2n) is 7.76. The van der Waals surface area contributed by atoms with Crippen LogP contribution in [0.15, 0.2) is 10.9 Å². The Morgan fingerprint density at radius 2 is 1.84 bits per heavy atom. The van der Waals surface area contributed by atoms with Gasteiger partial charge in [0.15, 0.2) is 11.5 Å². The van der Waals surface area contributed by atoms with Gasteiger partial charge in [0.05, 0.1) is 32.4 Å². The molecule has 32 heavy (non-hydrogen) atoms. The molecule has 11 heteroatoms. The van der Waals surface area contributed by atoms with E-state index in [1.165, 1.54) is 18.6 Å². The lowest BCUT2D eigenvalue weighted by atomic mass is 10.0. The number of aliphatic hydroxyl groups excluding tert-OH is 1. The average Bonchev–Trinajstić information content (AvgIpc) is 2.74. The molecule has 0 unspecified atom stereocenters. The molecule has 178 valence electrons. The Morgan fingerprint density at radius 3 is 2.41 bits per heavy atom. The lowest BCUT2D eigenvalue weighted by Crippen LogP contribution is -2.49. The van der Waals surface area contributed by atoms with Gasteiger partial charge in [-0.05, 0) is 19.3 Å². The van der Waals surface area contributed by atoms with Crippen LogP contribution in [0.4, 0.5) is 0 Å². The van der Waals surface area contributed by atoms with E-state index in [9.17, 15) is 34.2 Å². The van der Waals surface area contributed by atoms with E-state index in [1.54, 1.807) is 0 Å². The van der Waals surface area contributed by atoms with Gasteiger partial charge in [0.1, 0.15) is 12.6 Å². The number of rotatable bonds is 12. The topological polar surface area (TPSA) is 164 Å². The van der Waals surface area contributed by atoms with Crippen molar-refractivity contribution in [1.82, 2.24) is 15.2 Å². The number of ether oxygens (including phenoxy) is 1. The second kappa shape index (κ2) is 12.6. The Morgan fingerprint density at radius 1 is 1.19 bits per heavy atom. The maximum Gasteiger partial charge on any atom is 0.305 e. The minimum absolute atomic E-state index is 0.0484. The van der Waals surface area contributed by atoms with E-state index < -0.39 is 41.6 Å². The minimum atomic E-state index is -0.929. The molecule has 0 bridgehead atoms. The van der Waals surface area contributed by atoms with Crippen molar-refractivity contribution in [2.24, 2.45) is 5.92 Å². The lowest BCUT2D eigenvalue weighted by Gasteiger charge is -2.22. The van der Waals surface area contributed by atoms with E-state index >= 15 is 0 Å². The molecule has 2 amide bonds. The first kappa shape index (κ1) is 26.8. The van der Waals surface area contributed by atoms with Crippen LogP contribution in [-0.2, 0) is 37.1 Å². The van der Waals surface area contributed by atoms with Gasteiger partial charge in [0, 0.05) is 18.2 Å². The maximum atomic E-state index is 12.6. The molecule has 0 saturated carbocycles. The van der Waals surface area contributed by atoms with Gasteiger partial charge >= 0.3 is 5.97 Å². The third-order valence-electron chi connectivity index (χ3n) is 4.74. The van der Waals surface area contributed by atoms with Crippen molar-refractivity contribution in [2.45, 2.75) is 59.2 Å². The molecule has 1 aromatic heterocycles. The first-order chi connectivity index (χ1) is 15.0. The number of carbonyl (C=O) groups is 4. The van der Waals surface area contributed by atoms with Gasteiger partial charge in [-0.15, -0.1) is 0 Å². The number of aliphatic hydroxyl groups is 1. The summed E-state index contributed by atoms with van der Waals surface area (Å²) in [6.07, 6.45) is 0.137. The van der Waals surface area contributed by atoms with Gasteiger partial charge in [-0.1, -0.05) is 13.8 Å². The number of pyridine rings is 1. The fourth-order valence-corrected chi connectivity index (χ4v) is 3.00. The molecular weight excluding hydrogens is 422 g/mol. The summed E-state index contributed by atoms with van der Waals surface area (Å²) in [7, 11) is 1.22. The highest BCUT2D eigenvalue weighted by atomic mass is 16.5. The van der Waals surface area contributed by atoms with Gasteiger partial charge in [0.25, 0.3) is 0 Å². The molecule has 1 aromatic rings. The molecule has 0 aliphatic carbocycles. The molecule has 0 saturated heterocycles. The minimum Gasteiger partial charge on any atom is -0.503 e. The van der Waals surface area contributed by atoms with Gasteiger partial charge in [-0.25, -0.2) is 0 Å². The first-order valence-corrected chi connectivity index (χ1v) is 10.2. The molecule has 11 nitrogen and oxygen atoms in total. The summed E-state index contributed by atoms with van der Waals surface area (Å²) in [5.74, 6) is -2.50. The molecule has 1 rings (SSSR count). The fraction of sp³-hybridized carbons (Fsp3) is 0.571. The van der Waals surface area contributed by atoms with E-state index in [-0.39, 0.29) is 49.0 Å². The highest BCUT2D eigenvalue weighted by Gasteiger charge is 2.23. The van der Waals surface area contributed by atoms with Crippen LogP contribution < -0.4 is 16.1 Å². The van der Waals surface area contributed by atoms with Crippen LogP contribution in [0.25, 0.3) is 0 Å². The molecular formula is C21H31N3O8. The van der Waals surface area contributed by atoms with Crippen LogP contribution in [0.1, 0.15) is 44.5 Å². The smallest absolute Gasteiger partial charge is 0.305 e. The number of hydrogen-bond donors (Lipinski definition) is 4. The summed E-state index contributed by atoms with van der Waals surface area (Å²) in [5, 5.41) is 24.4. The highest BCUT2D eigenvalue weighted by molar-refractivity contribution is 5.91. The summed E-state index contributed by atoms with van der Waals surface area (Å²) in [4.78, 5) is 59.8. The molecule has 0 aromatic carbocycles. The molecule has 0 fully saturated rings. The number of nitrogens with one attached hydrogen (secondary N) is 2. The van der Waals surface area contributed by atoms with Crippen molar-refractivity contribution in [1.29, 1.82) is 0 Å². The van der Waals surface area contributed by atoms with E-state index in [2.05, 4.69) is 15.4 Å². The van der Waals surface area contributed by atoms with Crippen molar-refractivity contribution < 1.29 is 34.1 Å². The number of Topliss-reactive ketones (excluding diaryl/α,β-unsaturated/α-hetero) is 1.